The minimum atomic E-state index is 0.605. The summed E-state index contributed by atoms with van der Waals surface area (Å²) in [7, 11) is 1.67. The Morgan fingerprint density at radius 3 is 2.72 bits per heavy atom. The average molecular weight is 443 g/mol. The molecule has 0 bridgehead atoms. The first-order valence-electron chi connectivity index (χ1n) is 10.2. The normalized spacial score (nSPS) is 11.0. The van der Waals surface area contributed by atoms with Crippen LogP contribution in [0.25, 0.3) is 28.2 Å². The summed E-state index contributed by atoms with van der Waals surface area (Å²) in [6.07, 6.45) is 2.63. The van der Waals surface area contributed by atoms with E-state index in [1.54, 1.807) is 24.8 Å². The maximum atomic E-state index is 6.00. The molecule has 0 saturated heterocycles. The molecule has 3 heterocycles. The second-order valence-corrected chi connectivity index (χ2v) is 8.09. The summed E-state index contributed by atoms with van der Waals surface area (Å²) in [5, 5.41) is 7.57. The van der Waals surface area contributed by atoms with Gasteiger partial charge in [0.2, 0.25) is 0 Å². The molecule has 0 unspecified atom stereocenters. The zero-order valence-corrected chi connectivity index (χ0v) is 18.3. The molecule has 2 aromatic carbocycles. The number of nitrogen functional groups attached to an aromatic ring is 1. The van der Waals surface area contributed by atoms with Crippen LogP contribution in [0.15, 0.2) is 71.7 Å². The van der Waals surface area contributed by atoms with Gasteiger partial charge in [0, 0.05) is 23.2 Å². The first kappa shape index (κ1) is 20.0. The highest BCUT2D eigenvalue weighted by atomic mass is 32.1. The molecule has 0 radical (unpaired) electrons. The van der Waals surface area contributed by atoms with Crippen molar-refractivity contribution in [1.82, 2.24) is 19.5 Å². The van der Waals surface area contributed by atoms with Crippen molar-refractivity contribution in [3.05, 3.63) is 77.2 Å². The first-order chi connectivity index (χ1) is 15.7. The SMILES string of the molecule is COc1ccc(CCNc2nc(-c3cccc(N)c3)nc3c2ncn3-c2ccsc2)cc1. The molecule has 0 aliphatic carbocycles. The number of fused-ring (bicyclic) bond motifs is 1. The summed E-state index contributed by atoms with van der Waals surface area (Å²) in [6, 6.07) is 17.7. The van der Waals surface area contributed by atoms with E-state index in [1.807, 2.05) is 52.4 Å². The Kier molecular flexibility index (Phi) is 5.43. The number of ether oxygens (including phenoxy) is 1. The van der Waals surface area contributed by atoms with Crippen molar-refractivity contribution in [1.29, 1.82) is 0 Å². The van der Waals surface area contributed by atoms with E-state index in [2.05, 4.69) is 27.8 Å². The molecule has 7 nitrogen and oxygen atoms in total. The van der Waals surface area contributed by atoms with Gasteiger partial charge in [0.25, 0.3) is 0 Å². The van der Waals surface area contributed by atoms with Gasteiger partial charge in [-0.3, -0.25) is 4.57 Å². The third-order valence-corrected chi connectivity index (χ3v) is 5.86. The smallest absolute Gasteiger partial charge is 0.170 e. The van der Waals surface area contributed by atoms with Crippen molar-refractivity contribution >= 4 is 34.0 Å². The molecule has 3 N–H and O–H groups in total. The number of rotatable bonds is 7. The summed E-state index contributed by atoms with van der Waals surface area (Å²) in [4.78, 5) is 14.2. The van der Waals surface area contributed by atoms with Crippen LogP contribution in [0.5, 0.6) is 5.75 Å². The quantitative estimate of drug-likeness (QED) is 0.352. The predicted molar refractivity (Wildman–Crippen MR) is 130 cm³/mol. The lowest BCUT2D eigenvalue weighted by Crippen LogP contribution is -2.08. The van der Waals surface area contributed by atoms with Gasteiger partial charge in [-0.05, 0) is 47.7 Å². The Morgan fingerprint density at radius 1 is 1.09 bits per heavy atom. The summed E-state index contributed by atoms with van der Waals surface area (Å²) in [6.45, 7) is 0.708. The Balaban J connectivity index is 1.50. The molecular formula is C24H22N6OS. The molecule has 5 aromatic rings. The van der Waals surface area contributed by atoms with Crippen molar-refractivity contribution < 1.29 is 4.74 Å². The molecule has 0 fully saturated rings. The number of hydrogen-bond donors (Lipinski definition) is 2. The maximum absolute atomic E-state index is 6.00. The zero-order valence-electron chi connectivity index (χ0n) is 17.5. The number of nitrogens with two attached hydrogens (primary N) is 1. The lowest BCUT2D eigenvalue weighted by molar-refractivity contribution is 0.414. The number of aromatic nitrogens is 4. The molecule has 160 valence electrons. The van der Waals surface area contributed by atoms with Crippen LogP contribution in [0.3, 0.4) is 0 Å². The minimum Gasteiger partial charge on any atom is -0.497 e. The van der Waals surface area contributed by atoms with Crippen LogP contribution in [-0.4, -0.2) is 33.2 Å². The lowest BCUT2D eigenvalue weighted by Gasteiger charge is -2.10. The summed E-state index contributed by atoms with van der Waals surface area (Å²) >= 11 is 1.63. The van der Waals surface area contributed by atoms with Crippen LogP contribution in [0.4, 0.5) is 11.5 Å². The largest absolute Gasteiger partial charge is 0.497 e. The zero-order chi connectivity index (χ0) is 21.9. The van der Waals surface area contributed by atoms with E-state index < -0.39 is 0 Å². The number of thiophene rings is 1. The van der Waals surface area contributed by atoms with Crippen LogP contribution in [0.1, 0.15) is 5.56 Å². The number of benzene rings is 2. The lowest BCUT2D eigenvalue weighted by atomic mass is 10.1. The molecular weight excluding hydrogens is 420 g/mol. The fourth-order valence-electron chi connectivity index (χ4n) is 3.53. The molecule has 0 spiro atoms. The molecule has 0 aliphatic rings. The molecule has 32 heavy (non-hydrogen) atoms. The van der Waals surface area contributed by atoms with Gasteiger partial charge in [-0.2, -0.15) is 11.3 Å². The van der Waals surface area contributed by atoms with Crippen molar-refractivity contribution in [3.63, 3.8) is 0 Å². The van der Waals surface area contributed by atoms with E-state index in [4.69, 9.17) is 20.4 Å². The fraction of sp³-hybridized carbons (Fsp3) is 0.125. The van der Waals surface area contributed by atoms with Gasteiger partial charge in [-0.15, -0.1) is 0 Å². The monoisotopic (exact) mass is 442 g/mol. The van der Waals surface area contributed by atoms with E-state index in [9.17, 15) is 0 Å². The number of imidazole rings is 1. The Hall–Kier alpha value is -3.91. The number of hydrogen-bond acceptors (Lipinski definition) is 7. The first-order valence-corrected chi connectivity index (χ1v) is 11.2. The molecule has 0 atom stereocenters. The van der Waals surface area contributed by atoms with E-state index in [0.717, 1.165) is 34.6 Å². The Bertz CT molecular complexity index is 1350. The van der Waals surface area contributed by atoms with Crippen molar-refractivity contribution in [2.24, 2.45) is 0 Å². The maximum Gasteiger partial charge on any atom is 0.170 e. The topological polar surface area (TPSA) is 90.9 Å². The van der Waals surface area contributed by atoms with Gasteiger partial charge in [0.15, 0.2) is 22.8 Å². The highest BCUT2D eigenvalue weighted by molar-refractivity contribution is 7.08. The molecule has 0 saturated carbocycles. The number of anilines is 2. The van der Waals surface area contributed by atoms with Crippen molar-refractivity contribution in [2.45, 2.75) is 6.42 Å². The second kappa shape index (κ2) is 8.68. The third-order valence-electron chi connectivity index (χ3n) is 5.19. The molecule has 0 aliphatic heterocycles. The summed E-state index contributed by atoms with van der Waals surface area (Å²) < 4.78 is 7.22. The van der Waals surface area contributed by atoms with E-state index in [-0.39, 0.29) is 0 Å². The minimum absolute atomic E-state index is 0.605. The molecule has 3 aromatic heterocycles. The van der Waals surface area contributed by atoms with Gasteiger partial charge in [0.05, 0.1) is 12.8 Å². The highest BCUT2D eigenvalue weighted by Crippen LogP contribution is 2.27. The third kappa shape index (κ3) is 4.00. The Labute approximate surface area is 189 Å². The molecule has 8 heteroatoms. The molecule has 0 amide bonds. The van der Waals surface area contributed by atoms with Crippen LogP contribution in [0, 0.1) is 0 Å². The average Bonchev–Trinajstić information content (AvgIpc) is 3.49. The van der Waals surface area contributed by atoms with Crippen LogP contribution >= 0.6 is 11.3 Å². The second-order valence-electron chi connectivity index (χ2n) is 7.31. The van der Waals surface area contributed by atoms with Crippen molar-refractivity contribution in [3.8, 4) is 22.8 Å². The number of nitrogens with one attached hydrogen (secondary N) is 1. The van der Waals surface area contributed by atoms with Gasteiger partial charge in [0.1, 0.15) is 12.1 Å². The highest BCUT2D eigenvalue weighted by Gasteiger charge is 2.15. The van der Waals surface area contributed by atoms with E-state index >= 15 is 0 Å². The van der Waals surface area contributed by atoms with E-state index in [0.29, 0.717) is 23.9 Å². The van der Waals surface area contributed by atoms with Crippen LogP contribution in [0.2, 0.25) is 0 Å². The number of methoxy groups -OCH3 is 1. The summed E-state index contributed by atoms with van der Waals surface area (Å²) in [5.41, 5.74) is 11.3. The predicted octanol–water partition coefficient (Wildman–Crippen LogP) is 4.79. The molecule has 5 rings (SSSR count). The number of nitrogens with zero attached hydrogens (tertiary/aromatic N) is 4. The van der Waals surface area contributed by atoms with Crippen LogP contribution < -0.4 is 15.8 Å². The van der Waals surface area contributed by atoms with Gasteiger partial charge in [-0.25, -0.2) is 15.0 Å². The Morgan fingerprint density at radius 2 is 1.97 bits per heavy atom. The van der Waals surface area contributed by atoms with Crippen molar-refractivity contribution in [2.75, 3.05) is 24.7 Å². The van der Waals surface area contributed by atoms with Gasteiger partial charge < -0.3 is 15.8 Å². The van der Waals surface area contributed by atoms with Gasteiger partial charge in [-0.1, -0.05) is 24.3 Å². The fourth-order valence-corrected chi connectivity index (χ4v) is 4.16. The standard InChI is InChI=1S/C24H22N6OS/c1-31-20-7-5-16(6-8-20)9-11-26-23-21-24(30(15-27-21)19-10-12-32-14-19)29-22(28-23)17-3-2-4-18(25)13-17/h2-8,10,12-15H,9,11,25H2,1H3,(H,26,28,29). The van der Waals surface area contributed by atoms with E-state index in [1.165, 1.54) is 5.56 Å². The van der Waals surface area contributed by atoms with Crippen LogP contribution in [-0.2, 0) is 6.42 Å². The summed E-state index contributed by atoms with van der Waals surface area (Å²) in [5.74, 6) is 2.16. The van der Waals surface area contributed by atoms with Gasteiger partial charge >= 0.3 is 0 Å².